The van der Waals surface area contributed by atoms with Crippen LogP contribution in [-0.2, 0) is 12.6 Å². The molecule has 1 aliphatic rings. The van der Waals surface area contributed by atoms with Crippen molar-refractivity contribution in [3.05, 3.63) is 28.8 Å². The Morgan fingerprint density at radius 1 is 1.25 bits per heavy atom. The first-order valence-electron chi connectivity index (χ1n) is 5.27. The van der Waals surface area contributed by atoms with Crippen molar-refractivity contribution >= 4 is 0 Å². The highest BCUT2D eigenvalue weighted by molar-refractivity contribution is 5.52. The van der Waals surface area contributed by atoms with Crippen LogP contribution < -0.4 is 4.74 Å². The van der Waals surface area contributed by atoms with Crippen LogP contribution in [0.15, 0.2) is 12.1 Å². The third kappa shape index (κ3) is 2.41. The van der Waals surface area contributed by atoms with Gasteiger partial charge < -0.3 is 9.84 Å². The van der Waals surface area contributed by atoms with Crippen molar-refractivity contribution in [2.45, 2.75) is 31.2 Å². The summed E-state index contributed by atoms with van der Waals surface area (Å²) in [6, 6.07) is 0.878. The number of aliphatic hydroxyl groups is 1. The molecule has 20 heavy (non-hydrogen) atoms. The number of benzene rings is 1. The second-order valence-corrected chi connectivity index (χ2v) is 4.22. The average molecular weight is 304 g/mol. The summed E-state index contributed by atoms with van der Waals surface area (Å²) in [5.41, 5.74) is -3.35. The number of rotatable bonds is 2. The van der Waals surface area contributed by atoms with Crippen molar-refractivity contribution in [1.82, 2.24) is 0 Å². The zero-order valence-corrected chi connectivity index (χ0v) is 9.52. The molecule has 0 bridgehead atoms. The molecule has 1 aromatic carbocycles. The van der Waals surface area contributed by atoms with Gasteiger partial charge in [0.1, 0.15) is 11.9 Å². The quantitative estimate of drug-likeness (QED) is 0.847. The van der Waals surface area contributed by atoms with Gasteiger partial charge in [0.2, 0.25) is 0 Å². The Morgan fingerprint density at radius 2 is 1.85 bits per heavy atom. The van der Waals surface area contributed by atoms with Gasteiger partial charge in [-0.3, -0.25) is 0 Å². The van der Waals surface area contributed by atoms with Crippen molar-refractivity contribution in [1.29, 1.82) is 0 Å². The molecule has 9 heteroatoms. The zero-order valence-electron chi connectivity index (χ0n) is 9.52. The first kappa shape index (κ1) is 14.9. The molecule has 1 aromatic rings. The maximum Gasteiger partial charge on any atom is 0.416 e. The van der Waals surface area contributed by atoms with E-state index in [1.165, 1.54) is 0 Å². The van der Waals surface area contributed by atoms with Crippen LogP contribution in [0, 0.1) is 0 Å². The third-order valence-electron chi connectivity index (χ3n) is 2.92. The molecular weight excluding hydrogens is 297 g/mol. The molecule has 2 nitrogen and oxygen atoms in total. The second-order valence-electron chi connectivity index (χ2n) is 4.22. The molecule has 1 N–H and O–H groups in total. The van der Waals surface area contributed by atoms with Crippen LogP contribution >= 0.6 is 0 Å². The molecule has 1 aliphatic carbocycles. The van der Waals surface area contributed by atoms with Gasteiger partial charge in [-0.2, -0.15) is 22.0 Å². The molecule has 0 saturated carbocycles. The van der Waals surface area contributed by atoms with E-state index in [1.807, 2.05) is 0 Å². The van der Waals surface area contributed by atoms with Crippen LogP contribution in [0.5, 0.6) is 5.75 Å². The van der Waals surface area contributed by atoms with E-state index in [0.717, 1.165) is 0 Å². The first-order chi connectivity index (χ1) is 9.04. The summed E-state index contributed by atoms with van der Waals surface area (Å²) in [6.07, 6.45) is -9.00. The minimum atomic E-state index is -4.99. The number of halogens is 7. The van der Waals surface area contributed by atoms with Crippen LogP contribution in [0.3, 0.4) is 0 Å². The Balaban J connectivity index is 2.62. The molecule has 112 valence electrons. The molecule has 0 heterocycles. The Morgan fingerprint density at radius 3 is 2.35 bits per heavy atom. The van der Waals surface area contributed by atoms with Gasteiger partial charge in [0.15, 0.2) is 0 Å². The monoisotopic (exact) mass is 304 g/mol. The lowest BCUT2D eigenvalue weighted by molar-refractivity contribution is -0.142. The van der Waals surface area contributed by atoms with Gasteiger partial charge in [0.05, 0.1) is 5.56 Å². The Labute approximate surface area is 107 Å². The van der Waals surface area contributed by atoms with Crippen molar-refractivity contribution in [2.24, 2.45) is 0 Å². The molecule has 0 amide bonds. The highest BCUT2D eigenvalue weighted by atomic mass is 19.4. The van der Waals surface area contributed by atoms with Crippen LogP contribution in [0.2, 0.25) is 0 Å². The fraction of sp³-hybridized carbons (Fsp3) is 0.455. The Kier molecular flexibility index (Phi) is 3.35. The second kappa shape index (κ2) is 4.51. The van der Waals surface area contributed by atoms with Crippen LogP contribution in [-0.4, -0.2) is 17.6 Å². The number of fused-ring (bicyclic) bond motifs is 1. The summed E-state index contributed by atoms with van der Waals surface area (Å²) < 4.78 is 93.0. The number of aliphatic hydroxyl groups excluding tert-OH is 1. The van der Waals surface area contributed by atoms with Crippen LogP contribution in [0.4, 0.5) is 30.7 Å². The lowest BCUT2D eigenvalue weighted by atomic mass is 10.0. The van der Waals surface area contributed by atoms with Gasteiger partial charge in [0.25, 0.3) is 5.92 Å². The largest absolute Gasteiger partial charge is 0.435 e. The van der Waals surface area contributed by atoms with E-state index in [-0.39, 0.29) is 0 Å². The zero-order chi connectivity index (χ0) is 15.3. The fourth-order valence-electron chi connectivity index (χ4n) is 2.14. The SMILES string of the molecule is O[C@H]1c2c(C(F)(F)F)ccc(OC(F)F)c2CC1(F)F. The van der Waals surface area contributed by atoms with Crippen molar-refractivity contribution in [3.63, 3.8) is 0 Å². The van der Waals surface area contributed by atoms with Crippen molar-refractivity contribution < 1.29 is 40.6 Å². The average Bonchev–Trinajstić information content (AvgIpc) is 2.50. The number of hydrogen-bond acceptors (Lipinski definition) is 2. The van der Waals surface area contributed by atoms with Gasteiger partial charge in [0, 0.05) is 17.5 Å². The minimum absolute atomic E-state index is 0.334. The van der Waals surface area contributed by atoms with Crippen LogP contribution in [0.25, 0.3) is 0 Å². The summed E-state index contributed by atoms with van der Waals surface area (Å²) in [5, 5.41) is 9.32. The molecule has 0 aromatic heterocycles. The first-order valence-corrected chi connectivity index (χ1v) is 5.27. The lowest BCUT2D eigenvalue weighted by Crippen LogP contribution is -2.23. The summed E-state index contributed by atoms with van der Waals surface area (Å²) in [6.45, 7) is -3.37. The van der Waals surface area contributed by atoms with E-state index in [2.05, 4.69) is 4.74 Å². The smallest absolute Gasteiger partial charge is 0.416 e. The summed E-state index contributed by atoms with van der Waals surface area (Å²) >= 11 is 0. The fourth-order valence-corrected chi connectivity index (χ4v) is 2.14. The summed E-state index contributed by atoms with van der Waals surface area (Å²) in [5.74, 6) is -4.66. The molecule has 2 rings (SSSR count). The maximum atomic E-state index is 13.4. The number of hydrogen-bond donors (Lipinski definition) is 1. The van der Waals surface area contributed by atoms with E-state index in [1.54, 1.807) is 0 Å². The lowest BCUT2D eigenvalue weighted by Gasteiger charge is -2.18. The minimum Gasteiger partial charge on any atom is -0.435 e. The molecule has 0 fully saturated rings. The number of ether oxygens (including phenoxy) is 1. The van der Waals surface area contributed by atoms with Gasteiger partial charge in [-0.15, -0.1) is 0 Å². The molecule has 0 saturated heterocycles. The Hall–Kier alpha value is -1.51. The molecule has 0 spiro atoms. The molecule has 0 aliphatic heterocycles. The maximum absolute atomic E-state index is 13.4. The Bertz CT molecular complexity index is 524. The summed E-state index contributed by atoms with van der Waals surface area (Å²) in [4.78, 5) is 0. The van der Waals surface area contributed by atoms with Crippen molar-refractivity contribution in [2.75, 3.05) is 0 Å². The highest BCUT2D eigenvalue weighted by Gasteiger charge is 2.52. The van der Waals surface area contributed by atoms with E-state index < -0.39 is 53.7 Å². The van der Waals surface area contributed by atoms with Crippen LogP contribution in [0.1, 0.15) is 22.8 Å². The molecule has 0 unspecified atom stereocenters. The van der Waals surface area contributed by atoms with E-state index in [4.69, 9.17) is 0 Å². The van der Waals surface area contributed by atoms with E-state index in [0.29, 0.717) is 12.1 Å². The summed E-state index contributed by atoms with van der Waals surface area (Å²) in [7, 11) is 0. The molecular formula is C11H7F7O2. The molecule has 1 atom stereocenters. The predicted octanol–water partition coefficient (Wildman–Crippen LogP) is 3.53. The predicted molar refractivity (Wildman–Crippen MR) is 51.7 cm³/mol. The van der Waals surface area contributed by atoms with Gasteiger partial charge in [-0.05, 0) is 12.1 Å². The van der Waals surface area contributed by atoms with Gasteiger partial charge in [-0.25, -0.2) is 8.78 Å². The van der Waals surface area contributed by atoms with E-state index >= 15 is 0 Å². The third-order valence-corrected chi connectivity index (χ3v) is 2.92. The van der Waals surface area contributed by atoms with Gasteiger partial charge in [-0.1, -0.05) is 0 Å². The van der Waals surface area contributed by atoms with Crippen molar-refractivity contribution in [3.8, 4) is 5.75 Å². The topological polar surface area (TPSA) is 29.5 Å². The number of alkyl halides is 7. The molecule has 0 radical (unpaired) electrons. The highest BCUT2D eigenvalue weighted by Crippen LogP contribution is 2.51. The van der Waals surface area contributed by atoms with Gasteiger partial charge >= 0.3 is 12.8 Å². The normalized spacial score (nSPS) is 21.1. The van der Waals surface area contributed by atoms with E-state index in [9.17, 15) is 35.8 Å². The standard InChI is InChI=1S/C11H7F7O2/c12-9(13)20-6-2-1-5(11(16,17)18)7-4(6)3-10(14,15)8(7)19/h1-2,8-9,19H,3H2/t8-/m0/s1.